The molecule has 1 unspecified atom stereocenters. The summed E-state index contributed by atoms with van der Waals surface area (Å²) in [5, 5.41) is 0. The maximum atomic E-state index is 13.4. The van der Waals surface area contributed by atoms with E-state index in [0.29, 0.717) is 31.6 Å². The van der Waals surface area contributed by atoms with Gasteiger partial charge < -0.3 is 14.5 Å². The summed E-state index contributed by atoms with van der Waals surface area (Å²) in [5.74, 6) is 0.0895. The van der Waals surface area contributed by atoms with Gasteiger partial charge in [-0.15, -0.1) is 0 Å². The first-order chi connectivity index (χ1) is 15.5. The van der Waals surface area contributed by atoms with E-state index in [2.05, 4.69) is 4.98 Å². The van der Waals surface area contributed by atoms with Crippen LogP contribution in [0.25, 0.3) is 0 Å². The number of methoxy groups -OCH3 is 1. The molecular formula is C25H24FN3O3. The molecule has 32 heavy (non-hydrogen) atoms. The van der Waals surface area contributed by atoms with Gasteiger partial charge in [-0.1, -0.05) is 24.3 Å². The van der Waals surface area contributed by atoms with Gasteiger partial charge in [-0.3, -0.25) is 14.6 Å². The van der Waals surface area contributed by atoms with E-state index in [1.165, 1.54) is 12.1 Å². The average Bonchev–Trinajstić information content (AvgIpc) is 3.19. The van der Waals surface area contributed by atoms with Crippen molar-refractivity contribution in [2.45, 2.75) is 25.6 Å². The van der Waals surface area contributed by atoms with Gasteiger partial charge in [0.1, 0.15) is 17.6 Å². The number of carbonyl (C=O) groups excluding carboxylic acids is 2. The van der Waals surface area contributed by atoms with Gasteiger partial charge >= 0.3 is 0 Å². The van der Waals surface area contributed by atoms with Crippen LogP contribution in [0.15, 0.2) is 73.1 Å². The van der Waals surface area contributed by atoms with Crippen molar-refractivity contribution in [1.29, 1.82) is 0 Å². The van der Waals surface area contributed by atoms with Crippen LogP contribution in [-0.2, 0) is 17.9 Å². The van der Waals surface area contributed by atoms with E-state index in [9.17, 15) is 14.0 Å². The fourth-order valence-corrected chi connectivity index (χ4v) is 3.89. The summed E-state index contributed by atoms with van der Waals surface area (Å²) in [6.07, 6.45) is 3.67. The lowest BCUT2D eigenvalue weighted by atomic mass is 10.1. The summed E-state index contributed by atoms with van der Waals surface area (Å²) in [6.45, 7) is 1.21. The first-order valence-electron chi connectivity index (χ1n) is 10.4. The van der Waals surface area contributed by atoms with Crippen LogP contribution in [0.1, 0.15) is 27.9 Å². The van der Waals surface area contributed by atoms with Gasteiger partial charge in [0.2, 0.25) is 5.91 Å². The fourth-order valence-electron chi connectivity index (χ4n) is 3.89. The molecule has 1 atom stereocenters. The van der Waals surface area contributed by atoms with E-state index in [4.69, 9.17) is 4.74 Å². The van der Waals surface area contributed by atoms with E-state index in [-0.39, 0.29) is 17.6 Å². The van der Waals surface area contributed by atoms with Crippen molar-refractivity contribution in [2.24, 2.45) is 0 Å². The largest absolute Gasteiger partial charge is 0.497 e. The molecule has 1 aromatic heterocycles. The second kappa shape index (κ2) is 9.60. The topological polar surface area (TPSA) is 62.7 Å². The SMILES string of the molecule is COc1ccc(CN(C(=O)c2ccncc2)C2CCN(Cc3ccc(F)cc3)C2=O)cc1. The minimum atomic E-state index is -0.571. The third kappa shape index (κ3) is 4.77. The highest BCUT2D eigenvalue weighted by atomic mass is 19.1. The monoisotopic (exact) mass is 433 g/mol. The highest BCUT2D eigenvalue weighted by Crippen LogP contribution is 2.24. The van der Waals surface area contributed by atoms with Crippen LogP contribution in [0.2, 0.25) is 0 Å². The Hall–Kier alpha value is -3.74. The molecule has 3 aromatic rings. The molecule has 1 aliphatic heterocycles. The minimum absolute atomic E-state index is 0.106. The van der Waals surface area contributed by atoms with Crippen LogP contribution in [0.5, 0.6) is 5.75 Å². The number of amides is 2. The Morgan fingerprint density at radius 1 is 1.06 bits per heavy atom. The number of hydrogen-bond acceptors (Lipinski definition) is 4. The molecule has 0 radical (unpaired) electrons. The van der Waals surface area contributed by atoms with Crippen molar-refractivity contribution in [3.63, 3.8) is 0 Å². The molecule has 0 aliphatic carbocycles. The molecule has 2 heterocycles. The Kier molecular flexibility index (Phi) is 6.44. The third-order valence-electron chi connectivity index (χ3n) is 5.63. The van der Waals surface area contributed by atoms with Gasteiger partial charge in [0.25, 0.3) is 5.91 Å². The number of rotatable bonds is 7. The Morgan fingerprint density at radius 2 is 1.72 bits per heavy atom. The molecule has 2 amide bonds. The molecule has 1 saturated heterocycles. The molecule has 0 bridgehead atoms. The molecule has 0 spiro atoms. The predicted octanol–water partition coefficient (Wildman–Crippen LogP) is 3.67. The van der Waals surface area contributed by atoms with Gasteiger partial charge in [-0.2, -0.15) is 0 Å². The molecular weight excluding hydrogens is 409 g/mol. The maximum absolute atomic E-state index is 13.4. The van der Waals surface area contributed by atoms with Gasteiger partial charge in [0, 0.05) is 37.6 Å². The van der Waals surface area contributed by atoms with Crippen LogP contribution in [0.3, 0.4) is 0 Å². The van der Waals surface area contributed by atoms with Crippen LogP contribution in [0.4, 0.5) is 4.39 Å². The molecule has 4 rings (SSSR count). The van der Waals surface area contributed by atoms with E-state index in [1.54, 1.807) is 53.6 Å². The lowest BCUT2D eigenvalue weighted by molar-refractivity contribution is -0.132. The Balaban J connectivity index is 1.56. The highest BCUT2D eigenvalue weighted by molar-refractivity contribution is 5.98. The number of nitrogens with zero attached hydrogens (tertiary/aromatic N) is 3. The first kappa shape index (κ1) is 21.5. The minimum Gasteiger partial charge on any atom is -0.497 e. The van der Waals surface area contributed by atoms with Gasteiger partial charge in [0.05, 0.1) is 7.11 Å². The second-order valence-corrected chi connectivity index (χ2v) is 7.71. The Labute approximate surface area is 186 Å². The van der Waals surface area contributed by atoms with Crippen LogP contribution in [-0.4, -0.2) is 46.3 Å². The Bertz CT molecular complexity index is 1070. The Morgan fingerprint density at radius 3 is 2.38 bits per heavy atom. The summed E-state index contributed by atoms with van der Waals surface area (Å²) >= 11 is 0. The number of aromatic nitrogens is 1. The molecule has 1 fully saturated rings. The molecule has 2 aromatic carbocycles. The summed E-state index contributed by atoms with van der Waals surface area (Å²) in [7, 11) is 1.60. The van der Waals surface area contributed by atoms with Gasteiger partial charge in [-0.05, 0) is 53.9 Å². The van der Waals surface area contributed by atoms with Crippen LogP contribution < -0.4 is 4.74 Å². The first-order valence-corrected chi connectivity index (χ1v) is 10.4. The van der Waals surface area contributed by atoms with Crippen molar-refractivity contribution in [3.05, 3.63) is 95.6 Å². The second-order valence-electron chi connectivity index (χ2n) is 7.71. The predicted molar refractivity (Wildman–Crippen MR) is 117 cm³/mol. The summed E-state index contributed by atoms with van der Waals surface area (Å²) in [6, 6.07) is 16.3. The van der Waals surface area contributed by atoms with E-state index >= 15 is 0 Å². The number of carbonyl (C=O) groups is 2. The van der Waals surface area contributed by atoms with Crippen LogP contribution in [0, 0.1) is 5.82 Å². The zero-order valence-electron chi connectivity index (χ0n) is 17.8. The number of benzene rings is 2. The maximum Gasteiger partial charge on any atom is 0.254 e. The summed E-state index contributed by atoms with van der Waals surface area (Å²) in [4.78, 5) is 34.0. The van der Waals surface area contributed by atoms with Crippen molar-refractivity contribution >= 4 is 11.8 Å². The zero-order valence-corrected chi connectivity index (χ0v) is 17.8. The third-order valence-corrected chi connectivity index (χ3v) is 5.63. The molecule has 1 aliphatic rings. The quantitative estimate of drug-likeness (QED) is 0.570. The molecule has 0 N–H and O–H groups in total. The number of halogens is 1. The van der Waals surface area contributed by atoms with Crippen LogP contribution >= 0.6 is 0 Å². The normalized spacial score (nSPS) is 15.6. The molecule has 7 heteroatoms. The average molecular weight is 433 g/mol. The highest BCUT2D eigenvalue weighted by Gasteiger charge is 2.38. The van der Waals surface area contributed by atoms with E-state index in [0.717, 1.165) is 16.9 Å². The smallest absolute Gasteiger partial charge is 0.254 e. The van der Waals surface area contributed by atoms with Crippen molar-refractivity contribution < 1.29 is 18.7 Å². The summed E-state index contributed by atoms with van der Waals surface area (Å²) in [5.41, 5.74) is 2.24. The zero-order chi connectivity index (χ0) is 22.5. The number of pyridine rings is 1. The van der Waals surface area contributed by atoms with E-state index in [1.807, 2.05) is 24.3 Å². The summed E-state index contributed by atoms with van der Waals surface area (Å²) < 4.78 is 18.4. The van der Waals surface area contributed by atoms with E-state index < -0.39 is 6.04 Å². The molecule has 6 nitrogen and oxygen atoms in total. The fraction of sp³-hybridized carbons (Fsp3) is 0.240. The molecule has 164 valence electrons. The van der Waals surface area contributed by atoms with Gasteiger partial charge in [-0.25, -0.2) is 4.39 Å². The van der Waals surface area contributed by atoms with Crippen molar-refractivity contribution in [1.82, 2.24) is 14.8 Å². The number of likely N-dealkylation sites (tertiary alicyclic amines) is 1. The molecule has 0 saturated carbocycles. The van der Waals surface area contributed by atoms with Crippen molar-refractivity contribution in [2.75, 3.05) is 13.7 Å². The van der Waals surface area contributed by atoms with Gasteiger partial charge in [0.15, 0.2) is 0 Å². The number of ether oxygens (including phenoxy) is 1. The van der Waals surface area contributed by atoms with Crippen molar-refractivity contribution in [3.8, 4) is 5.75 Å². The standard InChI is InChI=1S/C25H24FN3O3/c1-32-22-8-4-19(5-9-22)17-29(24(30)20-10-13-27-14-11-20)23-12-15-28(25(23)31)16-18-2-6-21(26)7-3-18/h2-11,13-14,23H,12,15-17H2,1H3. The lowest BCUT2D eigenvalue weighted by Gasteiger charge is -2.28. The number of hydrogen-bond donors (Lipinski definition) is 0. The lowest BCUT2D eigenvalue weighted by Crippen LogP contribution is -2.44.